The molecule has 1 aliphatic rings. The van der Waals surface area contributed by atoms with Crippen LogP contribution in [0.15, 0.2) is 48.8 Å². The van der Waals surface area contributed by atoms with Crippen LogP contribution in [-0.2, 0) is 4.74 Å². The number of rotatable bonds is 3. The lowest BCUT2D eigenvalue weighted by Crippen LogP contribution is -2.33. The number of hydrogen-bond donors (Lipinski definition) is 3. The predicted octanol–water partition coefficient (Wildman–Crippen LogP) is 1.62. The highest BCUT2D eigenvalue weighted by Gasteiger charge is 2.43. The van der Waals surface area contributed by atoms with E-state index in [-0.39, 0.29) is 6.61 Å². The van der Waals surface area contributed by atoms with Gasteiger partial charge in [0.05, 0.1) is 24.0 Å². The van der Waals surface area contributed by atoms with Crippen molar-refractivity contribution in [2.45, 2.75) is 31.5 Å². The van der Waals surface area contributed by atoms with Crippen LogP contribution in [0, 0.1) is 6.92 Å². The van der Waals surface area contributed by atoms with E-state index in [0.29, 0.717) is 0 Å². The number of aryl methyl sites for hydroxylation is 1. The van der Waals surface area contributed by atoms with Crippen LogP contribution in [0.2, 0.25) is 0 Å². The van der Waals surface area contributed by atoms with Crippen molar-refractivity contribution in [2.75, 3.05) is 6.61 Å². The number of imidazole rings is 1. The maximum absolute atomic E-state index is 10.2. The molecule has 0 amide bonds. The van der Waals surface area contributed by atoms with Gasteiger partial charge in [0.15, 0.2) is 6.23 Å². The Hall–Kier alpha value is -2.25. The number of aliphatic hydroxyl groups excluding tert-OH is 3. The van der Waals surface area contributed by atoms with Crippen molar-refractivity contribution in [3.63, 3.8) is 0 Å². The molecular weight excluding hydrogens is 320 g/mol. The van der Waals surface area contributed by atoms with Gasteiger partial charge in [-0.05, 0) is 35.7 Å². The fourth-order valence-corrected chi connectivity index (χ4v) is 3.41. The Morgan fingerprint density at radius 1 is 1.12 bits per heavy atom. The zero-order valence-electron chi connectivity index (χ0n) is 13.8. The largest absolute Gasteiger partial charge is 0.394 e. The third-order valence-electron chi connectivity index (χ3n) is 4.82. The van der Waals surface area contributed by atoms with Crippen LogP contribution in [0.4, 0.5) is 0 Å². The molecule has 1 saturated heterocycles. The average Bonchev–Trinajstić information content (AvgIpc) is 3.16. The number of fused-ring (bicyclic) bond motifs is 1. The first-order valence-corrected chi connectivity index (χ1v) is 8.25. The van der Waals surface area contributed by atoms with Crippen LogP contribution in [0.25, 0.3) is 22.2 Å². The molecule has 0 saturated carbocycles. The Morgan fingerprint density at radius 2 is 1.92 bits per heavy atom. The summed E-state index contributed by atoms with van der Waals surface area (Å²) in [5, 5.41) is 29.4. The second kappa shape index (κ2) is 6.24. The van der Waals surface area contributed by atoms with E-state index in [9.17, 15) is 15.3 Å². The molecule has 130 valence electrons. The van der Waals surface area contributed by atoms with E-state index in [1.807, 2.05) is 30.3 Å². The third-order valence-corrected chi connectivity index (χ3v) is 4.82. The van der Waals surface area contributed by atoms with Gasteiger partial charge in [0.2, 0.25) is 0 Å². The highest BCUT2D eigenvalue weighted by atomic mass is 16.6. The monoisotopic (exact) mass is 340 g/mol. The lowest BCUT2D eigenvalue weighted by atomic mass is 10.0. The molecule has 6 nitrogen and oxygen atoms in total. The van der Waals surface area contributed by atoms with Crippen LogP contribution in [0.3, 0.4) is 0 Å². The second-order valence-electron chi connectivity index (χ2n) is 6.40. The molecule has 1 aromatic heterocycles. The van der Waals surface area contributed by atoms with Crippen molar-refractivity contribution in [1.82, 2.24) is 9.55 Å². The molecule has 1 fully saturated rings. The number of nitrogens with zero attached hydrogens (tertiary/aromatic N) is 2. The van der Waals surface area contributed by atoms with Crippen LogP contribution >= 0.6 is 0 Å². The van der Waals surface area contributed by atoms with Crippen LogP contribution in [-0.4, -0.2) is 49.8 Å². The average molecular weight is 340 g/mol. The topological polar surface area (TPSA) is 87.7 Å². The van der Waals surface area contributed by atoms with Gasteiger partial charge in [0.25, 0.3) is 0 Å². The summed E-state index contributed by atoms with van der Waals surface area (Å²) >= 11 is 0. The molecular formula is C19H20N2O4. The van der Waals surface area contributed by atoms with Crippen molar-refractivity contribution >= 4 is 11.0 Å². The maximum atomic E-state index is 10.2. The van der Waals surface area contributed by atoms with E-state index in [1.54, 1.807) is 10.9 Å². The van der Waals surface area contributed by atoms with E-state index >= 15 is 0 Å². The van der Waals surface area contributed by atoms with Gasteiger partial charge in [-0.1, -0.05) is 30.3 Å². The molecule has 3 N–H and O–H groups in total. The summed E-state index contributed by atoms with van der Waals surface area (Å²) in [7, 11) is 0. The summed E-state index contributed by atoms with van der Waals surface area (Å²) in [5.41, 5.74) is 4.97. The number of aromatic nitrogens is 2. The summed E-state index contributed by atoms with van der Waals surface area (Å²) in [6.07, 6.45) is -2.23. The van der Waals surface area contributed by atoms with Crippen molar-refractivity contribution in [3.05, 3.63) is 54.4 Å². The molecule has 0 spiro atoms. The SMILES string of the molecule is Cc1ccccc1-c1ccc2c(c1)ncn2[C@@H]1O[C@H](CO)[C@@H](O)[C@H]1O. The first-order chi connectivity index (χ1) is 12.1. The number of ether oxygens (including phenoxy) is 1. The van der Waals surface area contributed by atoms with E-state index in [1.165, 1.54) is 5.56 Å². The van der Waals surface area contributed by atoms with Crippen LogP contribution in [0.1, 0.15) is 11.8 Å². The van der Waals surface area contributed by atoms with Crippen molar-refractivity contribution < 1.29 is 20.1 Å². The normalized spacial score (nSPS) is 26.4. The Kier molecular flexibility index (Phi) is 4.05. The molecule has 25 heavy (non-hydrogen) atoms. The highest BCUT2D eigenvalue weighted by Crippen LogP contribution is 2.33. The third kappa shape index (κ3) is 2.63. The highest BCUT2D eigenvalue weighted by molar-refractivity contribution is 5.83. The molecule has 0 radical (unpaired) electrons. The summed E-state index contributed by atoms with van der Waals surface area (Å²) in [6, 6.07) is 14.1. The predicted molar refractivity (Wildman–Crippen MR) is 92.9 cm³/mol. The van der Waals surface area contributed by atoms with E-state index in [0.717, 1.165) is 22.2 Å². The number of hydrogen-bond acceptors (Lipinski definition) is 5. The zero-order valence-corrected chi connectivity index (χ0v) is 13.8. The minimum absolute atomic E-state index is 0.348. The molecule has 0 bridgehead atoms. The molecule has 0 aliphatic carbocycles. The first-order valence-electron chi connectivity index (χ1n) is 8.25. The van der Waals surface area contributed by atoms with Crippen LogP contribution in [0.5, 0.6) is 0 Å². The fraction of sp³-hybridized carbons (Fsp3) is 0.316. The first kappa shape index (κ1) is 16.2. The van der Waals surface area contributed by atoms with E-state index in [2.05, 4.69) is 24.0 Å². The molecule has 4 atom stereocenters. The van der Waals surface area contributed by atoms with Gasteiger partial charge in [-0.2, -0.15) is 0 Å². The van der Waals surface area contributed by atoms with Crippen molar-refractivity contribution in [3.8, 4) is 11.1 Å². The van der Waals surface area contributed by atoms with Gasteiger partial charge in [0.1, 0.15) is 18.3 Å². The minimum Gasteiger partial charge on any atom is -0.394 e. The Labute approximate surface area is 144 Å². The quantitative estimate of drug-likeness (QED) is 0.674. The summed E-state index contributed by atoms with van der Waals surface area (Å²) in [5.74, 6) is 0. The Balaban J connectivity index is 1.73. The zero-order chi connectivity index (χ0) is 17.6. The van der Waals surface area contributed by atoms with Gasteiger partial charge >= 0.3 is 0 Å². The summed E-state index contributed by atoms with van der Waals surface area (Å²) in [4.78, 5) is 4.42. The second-order valence-corrected chi connectivity index (χ2v) is 6.40. The number of benzene rings is 2. The lowest BCUT2D eigenvalue weighted by Gasteiger charge is -2.17. The molecule has 2 aromatic carbocycles. The van der Waals surface area contributed by atoms with Gasteiger partial charge in [0, 0.05) is 0 Å². The van der Waals surface area contributed by atoms with Gasteiger partial charge in [-0.3, -0.25) is 0 Å². The van der Waals surface area contributed by atoms with E-state index in [4.69, 9.17) is 4.74 Å². The van der Waals surface area contributed by atoms with E-state index < -0.39 is 24.5 Å². The molecule has 4 rings (SSSR count). The lowest BCUT2D eigenvalue weighted by molar-refractivity contribution is -0.0508. The Morgan fingerprint density at radius 3 is 2.64 bits per heavy atom. The van der Waals surface area contributed by atoms with Gasteiger partial charge < -0.3 is 24.6 Å². The minimum atomic E-state index is -1.13. The molecule has 2 heterocycles. The summed E-state index contributed by atoms with van der Waals surface area (Å²) < 4.78 is 7.29. The summed E-state index contributed by atoms with van der Waals surface area (Å²) in [6.45, 7) is 1.72. The molecule has 0 unspecified atom stereocenters. The fourth-order valence-electron chi connectivity index (χ4n) is 3.41. The smallest absolute Gasteiger partial charge is 0.164 e. The standard InChI is InChI=1S/C19H20N2O4/c1-11-4-2-3-5-13(11)12-6-7-15-14(8-12)20-10-21(15)19-18(24)17(23)16(9-22)25-19/h2-8,10,16-19,22-24H,9H2,1H3/t16-,17-,18-,19-/m1/s1. The number of aliphatic hydroxyl groups is 3. The maximum Gasteiger partial charge on any atom is 0.164 e. The van der Waals surface area contributed by atoms with Crippen molar-refractivity contribution in [1.29, 1.82) is 0 Å². The Bertz CT molecular complexity index is 907. The van der Waals surface area contributed by atoms with Gasteiger partial charge in [-0.15, -0.1) is 0 Å². The van der Waals surface area contributed by atoms with Crippen LogP contribution < -0.4 is 0 Å². The molecule has 6 heteroatoms. The van der Waals surface area contributed by atoms with Crippen molar-refractivity contribution in [2.24, 2.45) is 0 Å². The molecule has 3 aromatic rings. The molecule has 1 aliphatic heterocycles. The van der Waals surface area contributed by atoms with Gasteiger partial charge in [-0.25, -0.2) is 4.98 Å².